The number of nitrogens with zero attached hydrogens (tertiary/aromatic N) is 1. The second-order valence-corrected chi connectivity index (χ2v) is 5.25. The highest BCUT2D eigenvalue weighted by Gasteiger charge is 2.17. The van der Waals surface area contributed by atoms with E-state index in [4.69, 9.17) is 10.5 Å². The van der Waals surface area contributed by atoms with E-state index in [1.54, 1.807) is 6.07 Å². The Balaban J connectivity index is 1.85. The summed E-state index contributed by atoms with van der Waals surface area (Å²) < 4.78 is 5.60. The number of aliphatic hydroxyl groups excluding tert-OH is 1. The van der Waals surface area contributed by atoms with Gasteiger partial charge in [-0.2, -0.15) is 5.10 Å². The molecule has 7 heteroatoms. The van der Waals surface area contributed by atoms with E-state index in [-0.39, 0.29) is 0 Å². The number of rotatable bonds is 7. The lowest BCUT2D eigenvalue weighted by atomic mass is 10.1. The third-order valence-electron chi connectivity index (χ3n) is 3.40. The average Bonchev–Trinajstić information content (AvgIpc) is 2.97. The number of aromatic nitrogens is 2. The van der Waals surface area contributed by atoms with Crippen molar-refractivity contribution in [1.29, 1.82) is 0 Å². The number of hydrogen-bond donors (Lipinski definition) is 4. The van der Waals surface area contributed by atoms with Gasteiger partial charge in [0.25, 0.3) is 0 Å². The minimum atomic E-state index is -0.935. The van der Waals surface area contributed by atoms with E-state index in [9.17, 15) is 9.90 Å². The summed E-state index contributed by atoms with van der Waals surface area (Å²) in [5.74, 6) is 0.245. The van der Waals surface area contributed by atoms with Crippen molar-refractivity contribution in [3.05, 3.63) is 36.2 Å². The molecule has 0 spiro atoms. The van der Waals surface area contributed by atoms with Gasteiger partial charge in [-0.15, -0.1) is 0 Å². The van der Waals surface area contributed by atoms with Crippen molar-refractivity contribution < 1.29 is 14.6 Å². The molecule has 0 saturated carbocycles. The lowest BCUT2D eigenvalue weighted by Gasteiger charge is -2.14. The number of ether oxygens (including phenoxy) is 1. The van der Waals surface area contributed by atoms with E-state index < -0.39 is 18.1 Å². The van der Waals surface area contributed by atoms with Crippen LogP contribution >= 0.6 is 0 Å². The van der Waals surface area contributed by atoms with Crippen molar-refractivity contribution in [2.24, 2.45) is 5.73 Å². The first-order valence-electron chi connectivity index (χ1n) is 7.35. The Bertz CT molecular complexity index is 654. The number of carbonyl (C=O) groups excluding carboxylic acids is 1. The number of benzene rings is 1. The molecule has 1 aromatic heterocycles. The fraction of sp³-hybridized carbons (Fsp3) is 0.375. The van der Waals surface area contributed by atoms with Gasteiger partial charge in [-0.05, 0) is 43.7 Å². The lowest BCUT2D eigenvalue weighted by molar-refractivity contribution is -0.124. The van der Waals surface area contributed by atoms with Crippen molar-refractivity contribution in [1.82, 2.24) is 15.5 Å². The van der Waals surface area contributed by atoms with Crippen LogP contribution in [0.1, 0.15) is 12.6 Å². The summed E-state index contributed by atoms with van der Waals surface area (Å²) in [6.45, 7) is 3.98. The smallest absolute Gasteiger partial charge is 0.239 e. The fourth-order valence-electron chi connectivity index (χ4n) is 2.02. The molecule has 1 radical (unpaired) electrons. The van der Waals surface area contributed by atoms with Crippen LogP contribution < -0.4 is 15.8 Å². The predicted molar refractivity (Wildman–Crippen MR) is 85.8 cm³/mol. The van der Waals surface area contributed by atoms with Gasteiger partial charge in [0.1, 0.15) is 18.4 Å². The standard InChI is InChI=1S/C16H21N4O3/c1-10-14(9-19-20-10)12-4-3-5-13(8-12)23-7-6-18-16(22)15(17)11(2)21/h4-5,8-9,11,15,21H,6-7,17H2,1-2H3,(H,18,22)(H,19,20)/t11-,15+/m0/s1. The average molecular weight is 317 g/mol. The lowest BCUT2D eigenvalue weighted by Crippen LogP contribution is -2.48. The second-order valence-electron chi connectivity index (χ2n) is 5.25. The molecule has 0 saturated heterocycles. The molecule has 0 fully saturated rings. The SMILES string of the molecule is Cc1n[nH]cc1-c1c[c]cc(OCCNC(=O)[C@H](N)[C@H](C)O)c1. The topological polar surface area (TPSA) is 113 Å². The molecule has 123 valence electrons. The Morgan fingerprint density at radius 2 is 2.35 bits per heavy atom. The molecule has 1 aromatic carbocycles. The van der Waals surface area contributed by atoms with Crippen LogP contribution in [0, 0.1) is 13.0 Å². The van der Waals surface area contributed by atoms with Gasteiger partial charge in [0.15, 0.2) is 0 Å². The largest absolute Gasteiger partial charge is 0.492 e. The molecule has 1 amide bonds. The third-order valence-corrected chi connectivity index (χ3v) is 3.40. The van der Waals surface area contributed by atoms with Gasteiger partial charge in [-0.25, -0.2) is 0 Å². The van der Waals surface area contributed by atoms with Crippen LogP contribution in [0.25, 0.3) is 11.1 Å². The van der Waals surface area contributed by atoms with Gasteiger partial charge < -0.3 is 20.9 Å². The number of amides is 1. The molecule has 5 N–H and O–H groups in total. The van der Waals surface area contributed by atoms with E-state index in [0.29, 0.717) is 18.9 Å². The molecule has 1 heterocycles. The van der Waals surface area contributed by atoms with Gasteiger partial charge in [-0.1, -0.05) is 0 Å². The minimum Gasteiger partial charge on any atom is -0.492 e. The van der Waals surface area contributed by atoms with Crippen LogP contribution in [0.4, 0.5) is 0 Å². The summed E-state index contributed by atoms with van der Waals surface area (Å²) in [6, 6.07) is 7.55. The molecule has 0 aliphatic carbocycles. The molecule has 2 rings (SSSR count). The van der Waals surface area contributed by atoms with Gasteiger partial charge in [0.05, 0.1) is 18.3 Å². The molecular formula is C16H21N4O3. The van der Waals surface area contributed by atoms with E-state index in [2.05, 4.69) is 21.6 Å². The highest BCUT2D eigenvalue weighted by Crippen LogP contribution is 2.24. The van der Waals surface area contributed by atoms with Gasteiger partial charge in [0.2, 0.25) is 5.91 Å². The first-order valence-corrected chi connectivity index (χ1v) is 7.35. The second kappa shape index (κ2) is 7.75. The molecule has 23 heavy (non-hydrogen) atoms. The zero-order chi connectivity index (χ0) is 16.8. The van der Waals surface area contributed by atoms with E-state index in [0.717, 1.165) is 16.8 Å². The molecule has 7 nitrogen and oxygen atoms in total. The van der Waals surface area contributed by atoms with Crippen molar-refractivity contribution in [2.75, 3.05) is 13.2 Å². The highest BCUT2D eigenvalue weighted by atomic mass is 16.5. The number of aryl methyl sites for hydroxylation is 1. The zero-order valence-corrected chi connectivity index (χ0v) is 13.2. The van der Waals surface area contributed by atoms with Gasteiger partial charge >= 0.3 is 0 Å². The van der Waals surface area contributed by atoms with E-state index in [1.165, 1.54) is 6.92 Å². The van der Waals surface area contributed by atoms with Gasteiger partial charge in [-0.3, -0.25) is 9.89 Å². The molecular weight excluding hydrogens is 296 g/mol. The predicted octanol–water partition coefficient (Wildman–Crippen LogP) is 0.388. The van der Waals surface area contributed by atoms with Crippen molar-refractivity contribution in [2.45, 2.75) is 26.0 Å². The summed E-state index contributed by atoms with van der Waals surface area (Å²) in [4.78, 5) is 11.6. The maximum absolute atomic E-state index is 11.6. The molecule has 0 bridgehead atoms. The minimum absolute atomic E-state index is 0.292. The monoisotopic (exact) mass is 317 g/mol. The Kier molecular flexibility index (Phi) is 5.72. The number of carbonyl (C=O) groups is 1. The van der Waals surface area contributed by atoms with Gasteiger partial charge in [0, 0.05) is 11.8 Å². The van der Waals surface area contributed by atoms with Crippen LogP contribution in [-0.4, -0.2) is 46.5 Å². The summed E-state index contributed by atoms with van der Waals surface area (Å²) in [5, 5.41) is 18.8. The highest BCUT2D eigenvalue weighted by molar-refractivity contribution is 5.82. The zero-order valence-electron chi connectivity index (χ0n) is 13.2. The Labute approximate surface area is 134 Å². The maximum atomic E-state index is 11.6. The molecule has 0 aliphatic rings. The molecule has 2 atom stereocenters. The summed E-state index contributed by atoms with van der Waals surface area (Å²) in [6.07, 6.45) is 0.931. The number of aliphatic hydroxyl groups is 1. The molecule has 0 unspecified atom stereocenters. The van der Waals surface area contributed by atoms with Crippen molar-refractivity contribution >= 4 is 5.91 Å². The fourth-order valence-corrected chi connectivity index (χ4v) is 2.02. The van der Waals surface area contributed by atoms with Crippen molar-refractivity contribution in [3.63, 3.8) is 0 Å². The summed E-state index contributed by atoms with van der Waals surface area (Å²) in [7, 11) is 0. The van der Waals surface area contributed by atoms with Crippen LogP contribution in [0.5, 0.6) is 5.75 Å². The van der Waals surface area contributed by atoms with Crippen LogP contribution in [0.3, 0.4) is 0 Å². The normalized spacial score (nSPS) is 13.4. The molecule has 0 aliphatic heterocycles. The summed E-state index contributed by atoms with van der Waals surface area (Å²) in [5.41, 5.74) is 8.36. The third kappa shape index (κ3) is 4.54. The quantitative estimate of drug-likeness (QED) is 0.552. The van der Waals surface area contributed by atoms with Crippen LogP contribution in [0.2, 0.25) is 0 Å². The Hall–Kier alpha value is -2.38. The van der Waals surface area contributed by atoms with Crippen LogP contribution in [-0.2, 0) is 4.79 Å². The maximum Gasteiger partial charge on any atom is 0.239 e. The number of nitrogens with two attached hydrogens (primary N) is 1. The van der Waals surface area contributed by atoms with Crippen molar-refractivity contribution in [3.8, 4) is 16.9 Å². The van der Waals surface area contributed by atoms with E-state index >= 15 is 0 Å². The first-order chi connectivity index (χ1) is 11.0. The first kappa shape index (κ1) is 17.0. The molecule has 2 aromatic rings. The van der Waals surface area contributed by atoms with E-state index in [1.807, 2.05) is 25.3 Å². The Morgan fingerprint density at radius 3 is 3.00 bits per heavy atom. The number of nitrogens with one attached hydrogen (secondary N) is 2. The number of H-pyrrole nitrogens is 1. The summed E-state index contributed by atoms with van der Waals surface area (Å²) >= 11 is 0. The number of aromatic amines is 1. The number of hydrogen-bond acceptors (Lipinski definition) is 5. The van der Waals surface area contributed by atoms with Crippen LogP contribution in [0.15, 0.2) is 24.4 Å². The Morgan fingerprint density at radius 1 is 1.57 bits per heavy atom.